The van der Waals surface area contributed by atoms with Crippen LogP contribution in [0.15, 0.2) is 96.7 Å². The summed E-state index contributed by atoms with van der Waals surface area (Å²) in [6.07, 6.45) is 3.45. The minimum atomic E-state index is -0.420. The summed E-state index contributed by atoms with van der Waals surface area (Å²) < 4.78 is 1.76. The van der Waals surface area contributed by atoms with Crippen LogP contribution in [0.5, 0.6) is 0 Å². The summed E-state index contributed by atoms with van der Waals surface area (Å²) in [4.78, 5) is 12.9. The standard InChI is InChI=1S/C28H24N4O/c1-20-13-15-23(16-14-20)27-25(19-32(31-27)26-11-7-4-8-12-26)17-24(18-29)28(33)30-21(2)22-9-5-3-6-10-22/h3-17,19,21H,1-2H3,(H,30,33)/b24-17+/t21-/m0/s1. The third-order valence-electron chi connectivity index (χ3n) is 5.40. The van der Waals surface area contributed by atoms with Gasteiger partial charge in [-0.3, -0.25) is 4.79 Å². The quantitative estimate of drug-likeness (QED) is 0.317. The highest BCUT2D eigenvalue weighted by Gasteiger charge is 2.17. The number of carbonyl (C=O) groups excluding carboxylic acids is 1. The van der Waals surface area contributed by atoms with Crippen molar-refractivity contribution < 1.29 is 4.79 Å². The zero-order chi connectivity index (χ0) is 23.2. The number of aromatic nitrogens is 2. The number of carbonyl (C=O) groups is 1. The smallest absolute Gasteiger partial charge is 0.262 e. The molecule has 0 saturated carbocycles. The van der Waals surface area contributed by atoms with Gasteiger partial charge in [0.1, 0.15) is 11.6 Å². The highest BCUT2D eigenvalue weighted by Crippen LogP contribution is 2.26. The first-order valence-corrected chi connectivity index (χ1v) is 10.7. The molecule has 33 heavy (non-hydrogen) atoms. The van der Waals surface area contributed by atoms with E-state index < -0.39 is 5.91 Å². The van der Waals surface area contributed by atoms with Crippen molar-refractivity contribution >= 4 is 12.0 Å². The predicted molar refractivity (Wildman–Crippen MR) is 130 cm³/mol. The molecule has 1 amide bonds. The SMILES string of the molecule is Cc1ccc(-c2nn(-c3ccccc3)cc2/C=C(\C#N)C(=O)N[C@@H](C)c2ccccc2)cc1. The average molecular weight is 433 g/mol. The van der Waals surface area contributed by atoms with Crippen LogP contribution in [0.1, 0.15) is 29.7 Å². The Hall–Kier alpha value is -4.43. The van der Waals surface area contributed by atoms with E-state index >= 15 is 0 Å². The minimum absolute atomic E-state index is 0.0266. The van der Waals surface area contributed by atoms with Crippen molar-refractivity contribution in [3.8, 4) is 23.0 Å². The molecule has 0 spiro atoms. The highest BCUT2D eigenvalue weighted by molar-refractivity contribution is 6.02. The Morgan fingerprint density at radius 3 is 2.27 bits per heavy atom. The van der Waals surface area contributed by atoms with Crippen LogP contribution >= 0.6 is 0 Å². The summed E-state index contributed by atoms with van der Waals surface area (Å²) in [5.74, 6) is -0.420. The zero-order valence-corrected chi connectivity index (χ0v) is 18.6. The van der Waals surface area contributed by atoms with Crippen molar-refractivity contribution in [1.29, 1.82) is 5.26 Å². The molecule has 0 saturated heterocycles. The molecule has 0 fully saturated rings. The lowest BCUT2D eigenvalue weighted by Gasteiger charge is -2.13. The van der Waals surface area contributed by atoms with Gasteiger partial charge in [0.25, 0.3) is 5.91 Å². The number of amides is 1. The van der Waals surface area contributed by atoms with E-state index in [0.717, 1.165) is 22.4 Å². The van der Waals surface area contributed by atoms with Crippen molar-refractivity contribution in [2.24, 2.45) is 0 Å². The van der Waals surface area contributed by atoms with Crippen LogP contribution in [0, 0.1) is 18.3 Å². The predicted octanol–water partition coefficient (Wildman–Crippen LogP) is 5.63. The molecular weight excluding hydrogens is 408 g/mol. The zero-order valence-electron chi connectivity index (χ0n) is 18.6. The number of para-hydroxylation sites is 1. The molecule has 162 valence electrons. The van der Waals surface area contributed by atoms with Gasteiger partial charge in [-0.2, -0.15) is 10.4 Å². The molecule has 0 aliphatic heterocycles. The van der Waals surface area contributed by atoms with Crippen LogP contribution in [0.4, 0.5) is 0 Å². The molecule has 0 aliphatic rings. The molecule has 4 rings (SSSR count). The fourth-order valence-electron chi connectivity index (χ4n) is 3.55. The highest BCUT2D eigenvalue weighted by atomic mass is 16.1. The van der Waals surface area contributed by atoms with Gasteiger partial charge in [0, 0.05) is 17.3 Å². The fraction of sp³-hybridized carbons (Fsp3) is 0.107. The first-order valence-electron chi connectivity index (χ1n) is 10.7. The molecule has 0 unspecified atom stereocenters. The molecule has 0 aliphatic carbocycles. The first kappa shape index (κ1) is 21.8. The van der Waals surface area contributed by atoms with Gasteiger partial charge >= 0.3 is 0 Å². The van der Waals surface area contributed by atoms with E-state index in [1.165, 1.54) is 0 Å². The Morgan fingerprint density at radius 1 is 1.00 bits per heavy atom. The van der Waals surface area contributed by atoms with Gasteiger partial charge in [0.05, 0.1) is 17.4 Å². The monoisotopic (exact) mass is 432 g/mol. The second kappa shape index (κ2) is 9.80. The van der Waals surface area contributed by atoms with E-state index in [1.807, 2.05) is 105 Å². The van der Waals surface area contributed by atoms with Crippen LogP contribution < -0.4 is 5.32 Å². The number of benzene rings is 3. The number of hydrogen-bond donors (Lipinski definition) is 1. The lowest BCUT2D eigenvalue weighted by atomic mass is 10.0. The Labute approximate surface area is 193 Å². The maximum atomic E-state index is 12.9. The average Bonchev–Trinajstić information content (AvgIpc) is 3.28. The van der Waals surface area contributed by atoms with E-state index in [4.69, 9.17) is 5.10 Å². The summed E-state index contributed by atoms with van der Waals surface area (Å²) in [6.45, 7) is 3.92. The molecule has 3 aromatic carbocycles. The molecular formula is C28H24N4O. The Balaban J connectivity index is 1.71. The molecule has 1 heterocycles. The molecule has 5 heteroatoms. The number of nitrogens with zero attached hydrogens (tertiary/aromatic N) is 3. The summed E-state index contributed by atoms with van der Waals surface area (Å²) >= 11 is 0. The van der Waals surface area contributed by atoms with Gasteiger partial charge in [-0.25, -0.2) is 4.68 Å². The third-order valence-corrected chi connectivity index (χ3v) is 5.40. The number of rotatable bonds is 6. The first-order chi connectivity index (χ1) is 16.0. The van der Waals surface area contributed by atoms with Gasteiger partial charge < -0.3 is 5.32 Å². The summed E-state index contributed by atoms with van der Waals surface area (Å²) in [6, 6.07) is 29.3. The van der Waals surface area contributed by atoms with Gasteiger partial charge in [0.2, 0.25) is 0 Å². The van der Waals surface area contributed by atoms with Gasteiger partial charge in [-0.15, -0.1) is 0 Å². The van der Waals surface area contributed by atoms with E-state index in [1.54, 1.807) is 10.8 Å². The van der Waals surface area contributed by atoms with Crippen LogP contribution in [-0.4, -0.2) is 15.7 Å². The third kappa shape index (κ3) is 5.08. The second-order valence-electron chi connectivity index (χ2n) is 7.85. The van der Waals surface area contributed by atoms with Crippen molar-refractivity contribution in [3.05, 3.63) is 113 Å². The van der Waals surface area contributed by atoms with Crippen molar-refractivity contribution in [1.82, 2.24) is 15.1 Å². The number of nitriles is 1. The Morgan fingerprint density at radius 2 is 1.64 bits per heavy atom. The molecule has 0 radical (unpaired) electrons. The van der Waals surface area contributed by atoms with E-state index in [9.17, 15) is 10.1 Å². The molecule has 0 bridgehead atoms. The van der Waals surface area contributed by atoms with Crippen molar-refractivity contribution in [2.45, 2.75) is 19.9 Å². The van der Waals surface area contributed by atoms with Crippen molar-refractivity contribution in [2.75, 3.05) is 0 Å². The molecule has 1 atom stereocenters. The topological polar surface area (TPSA) is 70.7 Å². The van der Waals surface area contributed by atoms with Crippen molar-refractivity contribution in [3.63, 3.8) is 0 Å². The maximum Gasteiger partial charge on any atom is 0.262 e. The summed E-state index contributed by atoms with van der Waals surface area (Å²) in [7, 11) is 0. The van der Waals surface area contributed by atoms with E-state index in [0.29, 0.717) is 11.3 Å². The van der Waals surface area contributed by atoms with Gasteiger partial charge in [-0.1, -0.05) is 78.4 Å². The van der Waals surface area contributed by atoms with Crippen LogP contribution in [0.25, 0.3) is 23.0 Å². The van der Waals surface area contributed by atoms with Gasteiger partial charge in [-0.05, 0) is 37.6 Å². The number of hydrogen-bond acceptors (Lipinski definition) is 3. The normalized spacial score (nSPS) is 12.1. The second-order valence-corrected chi connectivity index (χ2v) is 7.85. The maximum absolute atomic E-state index is 12.9. The lowest BCUT2D eigenvalue weighted by Crippen LogP contribution is -2.27. The number of nitrogens with one attached hydrogen (secondary N) is 1. The molecule has 1 aromatic heterocycles. The Bertz CT molecular complexity index is 1310. The van der Waals surface area contributed by atoms with Gasteiger partial charge in [0.15, 0.2) is 0 Å². The van der Waals surface area contributed by atoms with Crippen LogP contribution in [0.2, 0.25) is 0 Å². The minimum Gasteiger partial charge on any atom is -0.345 e. The van der Waals surface area contributed by atoms with Crippen LogP contribution in [0.3, 0.4) is 0 Å². The Kier molecular flexibility index (Phi) is 6.47. The molecule has 1 N–H and O–H groups in total. The van der Waals surface area contributed by atoms with Crippen LogP contribution in [-0.2, 0) is 4.79 Å². The fourth-order valence-corrected chi connectivity index (χ4v) is 3.55. The summed E-state index contributed by atoms with van der Waals surface area (Å²) in [5, 5.41) is 17.4. The lowest BCUT2D eigenvalue weighted by molar-refractivity contribution is -0.117. The largest absolute Gasteiger partial charge is 0.345 e. The van der Waals surface area contributed by atoms with E-state index in [-0.39, 0.29) is 11.6 Å². The molecule has 4 aromatic rings. The van der Waals surface area contributed by atoms with E-state index in [2.05, 4.69) is 11.4 Å². The number of aryl methyl sites for hydroxylation is 1. The summed E-state index contributed by atoms with van der Waals surface area (Å²) in [5.41, 5.74) is 5.35. The molecule has 5 nitrogen and oxygen atoms in total.